The van der Waals surface area contributed by atoms with E-state index in [0.29, 0.717) is 26.2 Å². The lowest BCUT2D eigenvalue weighted by Crippen LogP contribution is -2.37. The van der Waals surface area contributed by atoms with Crippen molar-refractivity contribution < 1.29 is 19.3 Å². The highest BCUT2D eigenvalue weighted by Gasteiger charge is 2.25. The van der Waals surface area contributed by atoms with Crippen molar-refractivity contribution >= 4 is 6.21 Å². The summed E-state index contributed by atoms with van der Waals surface area (Å²) in [5.41, 5.74) is 3.18. The second kappa shape index (κ2) is 15.1. The van der Waals surface area contributed by atoms with Gasteiger partial charge in [0.05, 0.1) is 44.9 Å². The zero-order valence-corrected chi connectivity index (χ0v) is 20.6. The molecule has 3 atom stereocenters. The van der Waals surface area contributed by atoms with Crippen LogP contribution in [0.3, 0.4) is 0 Å². The van der Waals surface area contributed by atoms with Gasteiger partial charge in [0.1, 0.15) is 6.10 Å². The van der Waals surface area contributed by atoms with Crippen LogP contribution in [0.1, 0.15) is 23.1 Å². The molecule has 6 heteroatoms. The molecular weight excluding hydrogens is 440 g/mol. The lowest BCUT2D eigenvalue weighted by molar-refractivity contribution is -0.0824. The molecule has 0 aliphatic rings. The summed E-state index contributed by atoms with van der Waals surface area (Å²) in [5, 5.41) is 16.9. The Morgan fingerprint density at radius 2 is 1.23 bits per heavy atom. The van der Waals surface area contributed by atoms with E-state index in [2.05, 4.69) is 5.10 Å². The molecule has 0 spiro atoms. The van der Waals surface area contributed by atoms with Gasteiger partial charge >= 0.3 is 0 Å². The van der Waals surface area contributed by atoms with Crippen LogP contribution in [0, 0.1) is 0 Å². The molecule has 0 bridgehead atoms. The second-order valence-corrected chi connectivity index (χ2v) is 8.60. The number of hydrogen-bond acceptors (Lipinski definition) is 6. The molecule has 1 N–H and O–H groups in total. The smallest absolute Gasteiger partial charge is 0.121 e. The lowest BCUT2D eigenvalue weighted by atomic mass is 10.1. The van der Waals surface area contributed by atoms with Gasteiger partial charge in [0.15, 0.2) is 0 Å². The molecule has 3 aromatic carbocycles. The maximum Gasteiger partial charge on any atom is 0.121 e. The fraction of sp³-hybridized carbons (Fsp3) is 0.345. The highest BCUT2D eigenvalue weighted by molar-refractivity contribution is 5.63. The summed E-state index contributed by atoms with van der Waals surface area (Å²) in [6.07, 6.45) is 0.509. The first-order valence-corrected chi connectivity index (χ1v) is 11.9. The predicted octanol–water partition coefficient (Wildman–Crippen LogP) is 4.67. The topological polar surface area (TPSA) is 63.5 Å². The van der Waals surface area contributed by atoms with Crippen molar-refractivity contribution in [2.24, 2.45) is 5.10 Å². The zero-order valence-electron chi connectivity index (χ0n) is 20.6. The average Bonchev–Trinajstić information content (AvgIpc) is 2.88. The Morgan fingerprint density at radius 1 is 0.743 bits per heavy atom. The van der Waals surface area contributed by atoms with Crippen molar-refractivity contribution in [1.82, 2.24) is 5.01 Å². The summed E-state index contributed by atoms with van der Waals surface area (Å²) in [5.74, 6) is 0. The van der Waals surface area contributed by atoms with E-state index in [1.54, 1.807) is 11.2 Å². The Balaban J connectivity index is 1.66. The molecule has 0 amide bonds. The molecule has 0 unspecified atom stereocenters. The first-order chi connectivity index (χ1) is 17.1. The second-order valence-electron chi connectivity index (χ2n) is 8.60. The Labute approximate surface area is 208 Å². The van der Waals surface area contributed by atoms with Crippen LogP contribution >= 0.6 is 0 Å². The minimum atomic E-state index is -0.713. The molecule has 0 saturated heterocycles. The normalized spacial score (nSPS) is 14.0. The fourth-order valence-electron chi connectivity index (χ4n) is 3.51. The summed E-state index contributed by atoms with van der Waals surface area (Å²) in [6.45, 7) is 1.47. The number of ether oxygens (including phenoxy) is 3. The number of aliphatic hydroxyl groups excluding tert-OH is 1. The van der Waals surface area contributed by atoms with Gasteiger partial charge in [0, 0.05) is 20.5 Å². The number of aliphatic hydroxyl groups is 1. The summed E-state index contributed by atoms with van der Waals surface area (Å²) < 4.78 is 18.3. The zero-order chi connectivity index (χ0) is 24.7. The van der Waals surface area contributed by atoms with Gasteiger partial charge in [-0.2, -0.15) is 5.10 Å². The Kier molecular flexibility index (Phi) is 11.4. The van der Waals surface area contributed by atoms with E-state index in [4.69, 9.17) is 14.2 Å². The number of nitrogens with zero attached hydrogens (tertiary/aromatic N) is 2. The van der Waals surface area contributed by atoms with Crippen LogP contribution in [0.2, 0.25) is 0 Å². The van der Waals surface area contributed by atoms with Gasteiger partial charge in [-0.3, -0.25) is 0 Å². The van der Waals surface area contributed by atoms with Crippen molar-refractivity contribution in [1.29, 1.82) is 0 Å². The van der Waals surface area contributed by atoms with Crippen LogP contribution < -0.4 is 0 Å². The van der Waals surface area contributed by atoms with E-state index in [-0.39, 0.29) is 6.61 Å². The van der Waals surface area contributed by atoms with E-state index in [0.717, 1.165) is 16.7 Å². The van der Waals surface area contributed by atoms with E-state index in [1.165, 1.54) is 0 Å². The van der Waals surface area contributed by atoms with Gasteiger partial charge < -0.3 is 24.3 Å². The van der Waals surface area contributed by atoms with Crippen molar-refractivity contribution in [2.45, 2.75) is 44.6 Å². The lowest BCUT2D eigenvalue weighted by Gasteiger charge is -2.27. The molecule has 35 heavy (non-hydrogen) atoms. The van der Waals surface area contributed by atoms with E-state index in [9.17, 15) is 5.11 Å². The van der Waals surface area contributed by atoms with Crippen LogP contribution in [-0.2, 0) is 34.0 Å². The standard InChI is InChI=1S/C29H36N2O4/c1-31(2)30-19-29(35-22-26-16-10-5-11-17-26)28(34-21-25-14-8-4-9-15-25)18-27(32)23-33-20-24-12-6-3-7-13-24/h3-17,19,27-29,32H,18,20-23H2,1-2H3/b30-19+/t27-,28-,29-/m0/s1. The molecule has 3 aromatic rings. The molecule has 0 aliphatic carbocycles. The molecule has 0 saturated carbocycles. The number of benzene rings is 3. The van der Waals surface area contributed by atoms with Gasteiger partial charge in [0.25, 0.3) is 0 Å². The molecule has 3 rings (SSSR count). The van der Waals surface area contributed by atoms with Crippen molar-refractivity contribution in [3.05, 3.63) is 108 Å². The number of hydrogen-bond donors (Lipinski definition) is 1. The van der Waals surface area contributed by atoms with Crippen molar-refractivity contribution in [3.63, 3.8) is 0 Å². The molecule has 186 valence electrons. The first kappa shape index (κ1) is 26.6. The maximum atomic E-state index is 10.8. The van der Waals surface area contributed by atoms with E-state index < -0.39 is 18.3 Å². The third kappa shape index (κ3) is 10.4. The molecule has 0 fully saturated rings. The van der Waals surface area contributed by atoms with E-state index >= 15 is 0 Å². The molecule has 6 nitrogen and oxygen atoms in total. The minimum absolute atomic E-state index is 0.205. The minimum Gasteiger partial charge on any atom is -0.391 e. The fourth-order valence-corrected chi connectivity index (χ4v) is 3.51. The predicted molar refractivity (Wildman–Crippen MR) is 139 cm³/mol. The molecular formula is C29H36N2O4. The maximum absolute atomic E-state index is 10.8. The Morgan fingerprint density at radius 3 is 1.74 bits per heavy atom. The van der Waals surface area contributed by atoms with Crippen molar-refractivity contribution in [2.75, 3.05) is 20.7 Å². The van der Waals surface area contributed by atoms with Crippen LogP contribution in [0.25, 0.3) is 0 Å². The van der Waals surface area contributed by atoms with Crippen molar-refractivity contribution in [3.8, 4) is 0 Å². The third-order valence-corrected chi connectivity index (χ3v) is 5.33. The van der Waals surface area contributed by atoms with Crippen LogP contribution in [0.4, 0.5) is 0 Å². The van der Waals surface area contributed by atoms with Gasteiger partial charge in [-0.25, -0.2) is 0 Å². The Bertz CT molecular complexity index is 968. The van der Waals surface area contributed by atoms with Crippen LogP contribution in [-0.4, -0.2) is 55.3 Å². The molecule has 0 aromatic heterocycles. The molecule has 0 aliphatic heterocycles. The molecule has 0 heterocycles. The largest absolute Gasteiger partial charge is 0.391 e. The van der Waals surface area contributed by atoms with Gasteiger partial charge in [-0.15, -0.1) is 0 Å². The number of rotatable bonds is 15. The van der Waals surface area contributed by atoms with Gasteiger partial charge in [-0.1, -0.05) is 91.0 Å². The quantitative estimate of drug-likeness (QED) is 0.255. The highest BCUT2D eigenvalue weighted by atomic mass is 16.5. The highest BCUT2D eigenvalue weighted by Crippen LogP contribution is 2.16. The third-order valence-electron chi connectivity index (χ3n) is 5.33. The van der Waals surface area contributed by atoms with Crippen LogP contribution in [0.15, 0.2) is 96.1 Å². The Hall–Kier alpha value is -3.03. The molecule has 0 radical (unpaired) electrons. The average molecular weight is 477 g/mol. The van der Waals surface area contributed by atoms with E-state index in [1.807, 2.05) is 105 Å². The summed E-state index contributed by atoms with van der Waals surface area (Å²) in [6, 6.07) is 29.9. The van der Waals surface area contributed by atoms with Crippen LogP contribution in [0.5, 0.6) is 0 Å². The summed E-state index contributed by atoms with van der Waals surface area (Å²) >= 11 is 0. The first-order valence-electron chi connectivity index (χ1n) is 11.9. The summed E-state index contributed by atoms with van der Waals surface area (Å²) in [4.78, 5) is 0. The summed E-state index contributed by atoms with van der Waals surface area (Å²) in [7, 11) is 3.72. The van der Waals surface area contributed by atoms with Gasteiger partial charge in [0.2, 0.25) is 0 Å². The monoisotopic (exact) mass is 476 g/mol. The van der Waals surface area contributed by atoms with Gasteiger partial charge in [-0.05, 0) is 16.7 Å². The SMILES string of the molecule is CN(C)/N=C/[C@H](OCc1ccccc1)[C@H](C[C@H](O)COCc1ccccc1)OCc1ccccc1. The number of hydrazone groups is 1.